The number of nitrogens with zero attached hydrogens (tertiary/aromatic N) is 1. The Morgan fingerprint density at radius 1 is 1.26 bits per heavy atom. The molecule has 1 heterocycles. The van der Waals surface area contributed by atoms with Crippen LogP contribution in [0.4, 0.5) is 5.69 Å². The molecule has 0 radical (unpaired) electrons. The summed E-state index contributed by atoms with van der Waals surface area (Å²) in [6, 6.07) is 3.32. The number of fused-ring (bicyclic) bond motifs is 1. The Morgan fingerprint density at radius 2 is 2.00 bits per heavy atom. The first-order valence-corrected chi connectivity index (χ1v) is 8.12. The van der Waals surface area contributed by atoms with Gasteiger partial charge in [0.05, 0.1) is 12.8 Å². The number of carbonyl (C=O) groups is 2. The van der Waals surface area contributed by atoms with Crippen molar-refractivity contribution in [2.75, 3.05) is 18.6 Å². The van der Waals surface area contributed by atoms with Gasteiger partial charge in [-0.05, 0) is 32.4 Å². The number of carbonyl (C=O) groups excluding carboxylic acids is 2. The highest BCUT2D eigenvalue weighted by atomic mass is 16.5. The van der Waals surface area contributed by atoms with Crippen LogP contribution < -0.4 is 14.4 Å². The summed E-state index contributed by atoms with van der Waals surface area (Å²) in [5.74, 6) is 0.911. The van der Waals surface area contributed by atoms with Gasteiger partial charge in [0.2, 0.25) is 0 Å². The molecule has 0 saturated heterocycles. The number of hydrogen-bond donors (Lipinski definition) is 0. The fourth-order valence-electron chi connectivity index (χ4n) is 2.78. The van der Waals surface area contributed by atoms with Crippen molar-refractivity contribution in [1.29, 1.82) is 0 Å². The Hall–Kier alpha value is -2.04. The monoisotopic (exact) mass is 319 g/mol. The van der Waals surface area contributed by atoms with Crippen LogP contribution in [0, 0.1) is 0 Å². The molecule has 0 saturated carbocycles. The highest BCUT2D eigenvalue weighted by Crippen LogP contribution is 2.45. The molecule has 0 bridgehead atoms. The van der Waals surface area contributed by atoms with E-state index in [0.717, 1.165) is 32.0 Å². The summed E-state index contributed by atoms with van der Waals surface area (Å²) in [7, 11) is 1.53. The molecular weight excluding hydrogens is 294 g/mol. The van der Waals surface area contributed by atoms with Gasteiger partial charge < -0.3 is 14.4 Å². The van der Waals surface area contributed by atoms with Gasteiger partial charge in [-0.3, -0.25) is 9.59 Å². The fourth-order valence-corrected chi connectivity index (χ4v) is 2.78. The molecule has 0 aliphatic carbocycles. The van der Waals surface area contributed by atoms with E-state index in [1.807, 2.05) is 0 Å². The molecule has 0 spiro atoms. The Labute approximate surface area is 137 Å². The quantitative estimate of drug-likeness (QED) is 0.569. The molecule has 1 aromatic rings. The highest BCUT2D eigenvalue weighted by molar-refractivity contribution is 6.03. The minimum atomic E-state index is -0.951. The zero-order valence-electron chi connectivity index (χ0n) is 14.3. The van der Waals surface area contributed by atoms with E-state index in [9.17, 15) is 9.59 Å². The van der Waals surface area contributed by atoms with Crippen LogP contribution in [0.15, 0.2) is 12.1 Å². The molecule has 1 aliphatic rings. The molecule has 5 nitrogen and oxygen atoms in total. The lowest BCUT2D eigenvalue weighted by Crippen LogP contribution is -2.52. The van der Waals surface area contributed by atoms with E-state index in [4.69, 9.17) is 9.47 Å². The summed E-state index contributed by atoms with van der Waals surface area (Å²) in [4.78, 5) is 25.6. The van der Waals surface area contributed by atoms with Gasteiger partial charge in [0, 0.05) is 12.1 Å². The van der Waals surface area contributed by atoms with Crippen LogP contribution in [-0.4, -0.2) is 31.4 Å². The summed E-state index contributed by atoms with van der Waals surface area (Å²) in [6.45, 7) is 6.28. The minimum Gasteiger partial charge on any atom is -0.493 e. The normalized spacial score (nSPS) is 15.8. The van der Waals surface area contributed by atoms with Crippen LogP contribution >= 0.6 is 0 Å². The van der Waals surface area contributed by atoms with E-state index in [2.05, 4.69) is 6.92 Å². The third-order valence-electron chi connectivity index (χ3n) is 4.06. The van der Waals surface area contributed by atoms with Crippen molar-refractivity contribution in [3.05, 3.63) is 17.7 Å². The van der Waals surface area contributed by atoms with E-state index in [1.165, 1.54) is 7.11 Å². The van der Waals surface area contributed by atoms with Crippen LogP contribution in [0.2, 0.25) is 0 Å². The van der Waals surface area contributed by atoms with Gasteiger partial charge in [-0.2, -0.15) is 0 Å². The van der Waals surface area contributed by atoms with Crippen molar-refractivity contribution < 1.29 is 19.1 Å². The number of benzene rings is 1. The van der Waals surface area contributed by atoms with Gasteiger partial charge in [0.25, 0.3) is 5.91 Å². The van der Waals surface area contributed by atoms with Gasteiger partial charge >= 0.3 is 0 Å². The second-order valence-corrected chi connectivity index (χ2v) is 6.32. The van der Waals surface area contributed by atoms with Crippen LogP contribution in [0.25, 0.3) is 0 Å². The SMILES string of the molecule is CCCCCCN1C(=O)C(C)(C)Oc2c(OC)cc(C=O)cc21. The van der Waals surface area contributed by atoms with Crippen molar-refractivity contribution in [2.24, 2.45) is 0 Å². The Bertz CT molecular complexity index is 595. The topological polar surface area (TPSA) is 55.8 Å². The summed E-state index contributed by atoms with van der Waals surface area (Å²) < 4.78 is 11.2. The molecule has 0 fully saturated rings. The maximum absolute atomic E-state index is 12.7. The van der Waals surface area contributed by atoms with Gasteiger partial charge in [-0.25, -0.2) is 0 Å². The molecule has 126 valence electrons. The minimum absolute atomic E-state index is 0.0911. The molecule has 1 aromatic carbocycles. The largest absolute Gasteiger partial charge is 0.493 e. The standard InChI is InChI=1S/C18H25NO4/c1-5-6-7-8-9-19-14-10-13(12-20)11-15(22-4)16(14)23-18(2,3)17(19)21/h10-12H,5-9H2,1-4H3. The second kappa shape index (κ2) is 7.02. The maximum atomic E-state index is 12.7. The number of anilines is 1. The molecule has 23 heavy (non-hydrogen) atoms. The number of methoxy groups -OCH3 is 1. The Morgan fingerprint density at radius 3 is 2.61 bits per heavy atom. The Balaban J connectivity index is 2.41. The lowest BCUT2D eigenvalue weighted by atomic mass is 10.0. The first kappa shape index (κ1) is 17.3. The van der Waals surface area contributed by atoms with Gasteiger partial charge in [0.15, 0.2) is 17.1 Å². The van der Waals surface area contributed by atoms with E-state index in [1.54, 1.807) is 30.9 Å². The predicted octanol–water partition coefficient (Wildman–Crippen LogP) is 3.59. The molecule has 0 atom stereocenters. The molecule has 1 amide bonds. The third-order valence-corrected chi connectivity index (χ3v) is 4.06. The highest BCUT2D eigenvalue weighted by Gasteiger charge is 2.42. The molecule has 5 heteroatoms. The molecule has 1 aliphatic heterocycles. The van der Waals surface area contributed by atoms with E-state index in [-0.39, 0.29) is 5.91 Å². The lowest BCUT2D eigenvalue weighted by Gasteiger charge is -2.39. The molecule has 0 aromatic heterocycles. The average Bonchev–Trinajstić information content (AvgIpc) is 2.53. The molecular formula is C18H25NO4. The second-order valence-electron chi connectivity index (χ2n) is 6.32. The van der Waals surface area contributed by atoms with Crippen molar-refractivity contribution in [2.45, 2.75) is 52.1 Å². The Kier molecular flexibility index (Phi) is 5.29. The van der Waals surface area contributed by atoms with E-state index < -0.39 is 5.60 Å². The number of rotatable bonds is 7. The summed E-state index contributed by atoms with van der Waals surface area (Å²) in [5, 5.41) is 0. The number of unbranched alkanes of at least 4 members (excludes halogenated alkanes) is 3. The van der Waals surface area contributed by atoms with E-state index >= 15 is 0 Å². The van der Waals surface area contributed by atoms with Crippen molar-refractivity contribution in [3.8, 4) is 11.5 Å². The molecule has 2 rings (SSSR count). The van der Waals surface area contributed by atoms with Crippen LogP contribution in [0.3, 0.4) is 0 Å². The average molecular weight is 319 g/mol. The number of aldehydes is 1. The van der Waals surface area contributed by atoms with Crippen LogP contribution in [0.1, 0.15) is 56.8 Å². The van der Waals surface area contributed by atoms with Crippen molar-refractivity contribution in [1.82, 2.24) is 0 Å². The van der Waals surface area contributed by atoms with Gasteiger partial charge in [-0.1, -0.05) is 26.2 Å². The first-order valence-electron chi connectivity index (χ1n) is 8.12. The van der Waals surface area contributed by atoms with Gasteiger partial charge in [-0.15, -0.1) is 0 Å². The van der Waals surface area contributed by atoms with Crippen molar-refractivity contribution >= 4 is 17.9 Å². The number of ether oxygens (including phenoxy) is 2. The van der Waals surface area contributed by atoms with E-state index in [0.29, 0.717) is 29.3 Å². The zero-order chi connectivity index (χ0) is 17.0. The zero-order valence-corrected chi connectivity index (χ0v) is 14.3. The van der Waals surface area contributed by atoms with Gasteiger partial charge in [0.1, 0.15) is 6.29 Å². The summed E-state index contributed by atoms with van der Waals surface area (Å²) in [5.41, 5.74) is 0.135. The summed E-state index contributed by atoms with van der Waals surface area (Å²) in [6.07, 6.45) is 5.03. The first-order chi connectivity index (χ1) is 10.9. The third kappa shape index (κ3) is 3.49. The number of amides is 1. The number of hydrogen-bond acceptors (Lipinski definition) is 4. The lowest BCUT2D eigenvalue weighted by molar-refractivity contribution is -0.132. The molecule has 0 N–H and O–H groups in total. The fraction of sp³-hybridized carbons (Fsp3) is 0.556. The maximum Gasteiger partial charge on any atom is 0.270 e. The van der Waals surface area contributed by atoms with Crippen LogP contribution in [-0.2, 0) is 4.79 Å². The van der Waals surface area contributed by atoms with Crippen LogP contribution in [0.5, 0.6) is 11.5 Å². The molecule has 0 unspecified atom stereocenters. The smallest absolute Gasteiger partial charge is 0.270 e. The summed E-state index contributed by atoms with van der Waals surface area (Å²) >= 11 is 0. The van der Waals surface area contributed by atoms with Crippen molar-refractivity contribution in [3.63, 3.8) is 0 Å². The predicted molar refractivity (Wildman–Crippen MR) is 89.6 cm³/mol.